The number of halogens is 2. The molecule has 12 heteroatoms. The Morgan fingerprint density at radius 2 is 1.65 bits per heavy atom. The number of nitrogens with zero attached hydrogens (tertiary/aromatic N) is 2. The molecular weight excluding hydrogens is 613 g/mol. The molecule has 0 fully saturated rings. The van der Waals surface area contributed by atoms with Gasteiger partial charge in [-0.25, -0.2) is 8.42 Å². The molecule has 1 atom stereocenters. The summed E-state index contributed by atoms with van der Waals surface area (Å²) in [6.07, 6.45) is 0.273. The SMILES string of the molecule is CCC(C(=O)NCC(C)C)N(Cc1ccc(Cl)cc1Cl)C(=O)CN(c1cc(OC)ccc1OC)S(=O)(=O)c1ccccc1. The molecular formula is C31H37Cl2N3O6S. The maximum atomic E-state index is 14.3. The summed E-state index contributed by atoms with van der Waals surface area (Å²) in [7, 11) is -1.44. The van der Waals surface area contributed by atoms with Gasteiger partial charge in [-0.15, -0.1) is 0 Å². The van der Waals surface area contributed by atoms with Crippen LogP contribution in [0.4, 0.5) is 5.69 Å². The van der Waals surface area contributed by atoms with Gasteiger partial charge in [0.2, 0.25) is 11.8 Å². The van der Waals surface area contributed by atoms with Crippen molar-refractivity contribution in [2.24, 2.45) is 5.92 Å². The molecule has 0 aliphatic heterocycles. The van der Waals surface area contributed by atoms with Crippen LogP contribution in [0.3, 0.4) is 0 Å². The minimum atomic E-state index is -4.29. The molecule has 0 saturated heterocycles. The van der Waals surface area contributed by atoms with E-state index in [1.54, 1.807) is 55.5 Å². The van der Waals surface area contributed by atoms with Gasteiger partial charge in [-0.05, 0) is 54.3 Å². The third-order valence-corrected chi connectivity index (χ3v) is 9.05. The van der Waals surface area contributed by atoms with Crippen LogP contribution in [0, 0.1) is 5.92 Å². The summed E-state index contributed by atoms with van der Waals surface area (Å²) in [6.45, 7) is 5.43. The molecule has 0 aliphatic carbocycles. The Balaban J connectivity index is 2.15. The molecule has 0 heterocycles. The van der Waals surface area contributed by atoms with Gasteiger partial charge < -0.3 is 19.7 Å². The Morgan fingerprint density at radius 1 is 0.953 bits per heavy atom. The zero-order valence-electron chi connectivity index (χ0n) is 24.8. The van der Waals surface area contributed by atoms with Gasteiger partial charge >= 0.3 is 0 Å². The third kappa shape index (κ3) is 8.55. The van der Waals surface area contributed by atoms with Gasteiger partial charge in [0.1, 0.15) is 24.1 Å². The molecule has 3 aromatic carbocycles. The monoisotopic (exact) mass is 649 g/mol. The van der Waals surface area contributed by atoms with E-state index in [2.05, 4.69) is 5.32 Å². The number of amides is 2. The van der Waals surface area contributed by atoms with Crippen molar-refractivity contribution in [3.8, 4) is 11.5 Å². The van der Waals surface area contributed by atoms with Crippen LogP contribution in [-0.4, -0.2) is 58.5 Å². The highest BCUT2D eigenvalue weighted by atomic mass is 35.5. The van der Waals surface area contributed by atoms with E-state index in [0.29, 0.717) is 27.9 Å². The Kier molecular flexibility index (Phi) is 12.1. The lowest BCUT2D eigenvalue weighted by atomic mass is 10.1. The quantitative estimate of drug-likeness (QED) is 0.237. The first kappa shape index (κ1) is 34.0. The van der Waals surface area contributed by atoms with Gasteiger partial charge in [-0.2, -0.15) is 0 Å². The largest absolute Gasteiger partial charge is 0.497 e. The third-order valence-electron chi connectivity index (χ3n) is 6.69. The number of rotatable bonds is 14. The number of hydrogen-bond donors (Lipinski definition) is 1. The summed E-state index contributed by atoms with van der Waals surface area (Å²) >= 11 is 12.6. The van der Waals surface area contributed by atoms with Crippen molar-refractivity contribution in [3.63, 3.8) is 0 Å². The molecule has 0 aliphatic rings. The highest BCUT2D eigenvalue weighted by Crippen LogP contribution is 2.36. The van der Waals surface area contributed by atoms with Crippen molar-refractivity contribution in [1.82, 2.24) is 10.2 Å². The molecule has 3 aromatic rings. The van der Waals surface area contributed by atoms with Crippen molar-refractivity contribution in [1.29, 1.82) is 0 Å². The summed E-state index contributed by atoms with van der Waals surface area (Å²) in [4.78, 5) is 29.0. The van der Waals surface area contributed by atoms with Crippen LogP contribution in [0.25, 0.3) is 0 Å². The van der Waals surface area contributed by atoms with Crippen LogP contribution in [-0.2, 0) is 26.2 Å². The molecule has 43 heavy (non-hydrogen) atoms. The zero-order chi connectivity index (χ0) is 31.7. The fraction of sp³-hybridized carbons (Fsp3) is 0.355. The van der Waals surface area contributed by atoms with E-state index in [0.717, 1.165) is 4.31 Å². The van der Waals surface area contributed by atoms with Gasteiger partial charge in [0.25, 0.3) is 10.0 Å². The number of carbonyl (C=O) groups is 2. The van der Waals surface area contributed by atoms with Crippen LogP contribution < -0.4 is 19.1 Å². The summed E-state index contributed by atoms with van der Waals surface area (Å²) in [6, 6.07) is 16.4. The van der Waals surface area contributed by atoms with Gasteiger partial charge in [0, 0.05) is 29.2 Å². The van der Waals surface area contributed by atoms with E-state index in [-0.39, 0.29) is 41.1 Å². The van der Waals surface area contributed by atoms with Crippen molar-refractivity contribution in [2.45, 2.75) is 44.7 Å². The maximum Gasteiger partial charge on any atom is 0.264 e. The second-order valence-electron chi connectivity index (χ2n) is 10.2. The Hall–Kier alpha value is -3.47. The molecule has 232 valence electrons. The van der Waals surface area contributed by atoms with E-state index < -0.39 is 28.5 Å². The molecule has 0 saturated carbocycles. The number of methoxy groups -OCH3 is 2. The average molecular weight is 651 g/mol. The normalized spacial score (nSPS) is 12.0. The van der Waals surface area contributed by atoms with E-state index in [1.165, 1.54) is 37.3 Å². The number of anilines is 1. The summed E-state index contributed by atoms with van der Waals surface area (Å²) in [5.74, 6) is -0.223. The molecule has 0 aromatic heterocycles. The van der Waals surface area contributed by atoms with Crippen LogP contribution in [0.1, 0.15) is 32.8 Å². The smallest absolute Gasteiger partial charge is 0.264 e. The number of sulfonamides is 1. The molecule has 2 amide bonds. The topological polar surface area (TPSA) is 105 Å². The molecule has 1 N–H and O–H groups in total. The Labute approximate surface area is 263 Å². The van der Waals surface area contributed by atoms with Crippen LogP contribution >= 0.6 is 23.2 Å². The van der Waals surface area contributed by atoms with Gasteiger partial charge in [-0.3, -0.25) is 13.9 Å². The summed E-state index contributed by atoms with van der Waals surface area (Å²) in [5, 5.41) is 3.62. The number of benzene rings is 3. The Morgan fingerprint density at radius 3 is 2.23 bits per heavy atom. The maximum absolute atomic E-state index is 14.3. The van der Waals surface area contributed by atoms with Crippen molar-refractivity contribution in [2.75, 3.05) is 31.6 Å². The van der Waals surface area contributed by atoms with Crippen LogP contribution in [0.15, 0.2) is 71.6 Å². The molecule has 0 radical (unpaired) electrons. The fourth-order valence-electron chi connectivity index (χ4n) is 4.40. The van der Waals surface area contributed by atoms with Crippen LogP contribution in [0.2, 0.25) is 10.0 Å². The lowest BCUT2D eigenvalue weighted by Crippen LogP contribution is -2.52. The summed E-state index contributed by atoms with van der Waals surface area (Å²) in [5.41, 5.74) is 0.645. The van der Waals surface area contributed by atoms with Crippen molar-refractivity contribution < 1.29 is 27.5 Å². The lowest BCUT2D eigenvalue weighted by molar-refractivity contribution is -0.140. The second kappa shape index (κ2) is 15.3. The number of carbonyl (C=O) groups excluding carboxylic acids is 2. The van der Waals surface area contributed by atoms with Gasteiger partial charge in [0.05, 0.1) is 24.8 Å². The molecule has 1 unspecified atom stereocenters. The zero-order valence-corrected chi connectivity index (χ0v) is 27.2. The average Bonchev–Trinajstić information content (AvgIpc) is 2.99. The highest BCUT2D eigenvalue weighted by Gasteiger charge is 2.35. The van der Waals surface area contributed by atoms with E-state index in [1.807, 2.05) is 13.8 Å². The van der Waals surface area contributed by atoms with E-state index >= 15 is 0 Å². The highest BCUT2D eigenvalue weighted by molar-refractivity contribution is 7.92. The lowest BCUT2D eigenvalue weighted by Gasteiger charge is -2.34. The first-order valence-corrected chi connectivity index (χ1v) is 15.9. The molecule has 9 nitrogen and oxygen atoms in total. The van der Waals surface area contributed by atoms with Crippen LogP contribution in [0.5, 0.6) is 11.5 Å². The van der Waals surface area contributed by atoms with Gasteiger partial charge in [-0.1, -0.05) is 68.2 Å². The fourth-order valence-corrected chi connectivity index (χ4v) is 6.31. The molecule has 3 rings (SSSR count). The number of hydrogen-bond acceptors (Lipinski definition) is 6. The number of ether oxygens (including phenoxy) is 2. The first-order valence-electron chi connectivity index (χ1n) is 13.7. The Bertz CT molecular complexity index is 1520. The van der Waals surface area contributed by atoms with Crippen molar-refractivity contribution in [3.05, 3.63) is 82.3 Å². The minimum Gasteiger partial charge on any atom is -0.497 e. The molecule has 0 spiro atoms. The molecule has 0 bridgehead atoms. The number of nitrogens with one attached hydrogen (secondary N) is 1. The standard InChI is InChI=1S/C31H37Cl2N3O6S/c1-6-27(31(38)34-18-21(2)3)35(19-22-12-13-23(32)16-26(22)33)30(37)20-36(43(39,40)25-10-8-7-9-11-25)28-17-24(41-4)14-15-29(28)42-5/h7-17,21,27H,6,18-20H2,1-5H3,(H,34,38). The minimum absolute atomic E-state index is 0.0262. The predicted molar refractivity (Wildman–Crippen MR) is 169 cm³/mol. The van der Waals surface area contributed by atoms with Crippen molar-refractivity contribution >= 4 is 50.7 Å². The second-order valence-corrected chi connectivity index (χ2v) is 12.9. The van der Waals surface area contributed by atoms with E-state index in [9.17, 15) is 18.0 Å². The first-order chi connectivity index (χ1) is 20.4. The summed E-state index contributed by atoms with van der Waals surface area (Å²) < 4.78 is 40.0. The predicted octanol–water partition coefficient (Wildman–Crippen LogP) is 5.79. The van der Waals surface area contributed by atoms with E-state index in [4.69, 9.17) is 32.7 Å². The van der Waals surface area contributed by atoms with Gasteiger partial charge in [0.15, 0.2) is 0 Å².